The lowest BCUT2D eigenvalue weighted by Crippen LogP contribution is -2.23. The topological polar surface area (TPSA) is 101 Å². The van der Waals surface area contributed by atoms with Gasteiger partial charge in [0.1, 0.15) is 32.1 Å². The number of carbonyl (C=O) groups is 2. The average Bonchev–Trinajstić information content (AvgIpc) is 3.38. The Hall–Kier alpha value is -3.00. The lowest BCUT2D eigenvalue weighted by atomic mass is 10.1. The zero-order valence-corrected chi connectivity index (χ0v) is 23.1. The van der Waals surface area contributed by atoms with Crippen LogP contribution in [0.2, 0.25) is 0 Å². The Balaban J connectivity index is 1.95. The van der Waals surface area contributed by atoms with Crippen molar-refractivity contribution in [1.82, 2.24) is 4.98 Å². The van der Waals surface area contributed by atoms with Gasteiger partial charge in [0.05, 0.1) is 17.9 Å². The average molecular weight is 575 g/mol. The molecule has 0 aliphatic heterocycles. The van der Waals surface area contributed by atoms with Crippen molar-refractivity contribution in [2.75, 3.05) is 11.9 Å². The quantitative estimate of drug-likeness (QED) is 0.238. The monoisotopic (exact) mass is 573 g/mol. The summed E-state index contributed by atoms with van der Waals surface area (Å²) in [5.41, 5.74) is 1.97. The van der Waals surface area contributed by atoms with E-state index in [1.807, 2.05) is 29.6 Å². The molecule has 0 amide bonds. The van der Waals surface area contributed by atoms with Crippen LogP contribution in [0.5, 0.6) is 0 Å². The van der Waals surface area contributed by atoms with E-state index < -0.39 is 17.5 Å². The van der Waals surface area contributed by atoms with Gasteiger partial charge in [0.15, 0.2) is 0 Å². The maximum absolute atomic E-state index is 12.7. The highest BCUT2D eigenvalue weighted by Crippen LogP contribution is 2.36. The molecule has 1 aromatic carbocycles. The second kappa shape index (κ2) is 11.2. The first-order valence-electron chi connectivity index (χ1n) is 10.7. The van der Waals surface area contributed by atoms with Crippen LogP contribution in [0.15, 0.2) is 40.3 Å². The maximum Gasteiger partial charge on any atom is 0.349 e. The number of ether oxygens (including phenoxy) is 2. The van der Waals surface area contributed by atoms with E-state index >= 15 is 0 Å². The molecule has 0 saturated heterocycles. The number of esters is 2. The third-order valence-electron chi connectivity index (χ3n) is 4.53. The van der Waals surface area contributed by atoms with Gasteiger partial charge < -0.3 is 14.8 Å². The normalized spacial score (nSPS) is 11.6. The fraction of sp³-hybridized carbons (Fsp3) is 0.280. The SMILES string of the molecule is CCOC(=O)c1c(N/C=C(/C#N)c2nc(-c3cccc(Br)c3)cs2)sc(C(=O)OC(C)(C)C)c1C. The molecule has 0 atom stereocenters. The van der Waals surface area contributed by atoms with E-state index in [1.54, 1.807) is 34.6 Å². The van der Waals surface area contributed by atoms with Gasteiger partial charge in [-0.25, -0.2) is 14.6 Å². The zero-order chi connectivity index (χ0) is 25.8. The van der Waals surface area contributed by atoms with Crippen molar-refractivity contribution in [2.45, 2.75) is 40.2 Å². The summed E-state index contributed by atoms with van der Waals surface area (Å²) < 4.78 is 11.6. The van der Waals surface area contributed by atoms with Gasteiger partial charge in [-0.15, -0.1) is 22.7 Å². The van der Waals surface area contributed by atoms with Crippen LogP contribution in [0.1, 0.15) is 58.3 Å². The number of nitrogens with one attached hydrogen (secondary N) is 1. The number of rotatable bonds is 7. The van der Waals surface area contributed by atoms with Gasteiger partial charge in [-0.05, 0) is 52.3 Å². The van der Waals surface area contributed by atoms with Gasteiger partial charge in [0.25, 0.3) is 0 Å². The number of thiophene rings is 1. The van der Waals surface area contributed by atoms with Crippen LogP contribution in [0.4, 0.5) is 5.00 Å². The number of nitrogens with zero attached hydrogens (tertiary/aromatic N) is 2. The van der Waals surface area contributed by atoms with Crippen molar-refractivity contribution in [3.8, 4) is 17.3 Å². The van der Waals surface area contributed by atoms with Gasteiger partial charge in [-0.1, -0.05) is 28.1 Å². The molecule has 0 fully saturated rings. The number of nitriles is 1. The van der Waals surface area contributed by atoms with Gasteiger partial charge in [0, 0.05) is 21.6 Å². The molecule has 0 radical (unpaired) electrons. The zero-order valence-electron chi connectivity index (χ0n) is 19.9. The summed E-state index contributed by atoms with van der Waals surface area (Å²) in [5, 5.41) is 15.6. The molecule has 182 valence electrons. The van der Waals surface area contributed by atoms with Crippen LogP contribution in [-0.2, 0) is 9.47 Å². The number of hydrogen-bond acceptors (Lipinski definition) is 9. The minimum Gasteiger partial charge on any atom is -0.462 e. The van der Waals surface area contributed by atoms with E-state index in [2.05, 4.69) is 32.3 Å². The van der Waals surface area contributed by atoms with Crippen molar-refractivity contribution in [1.29, 1.82) is 5.26 Å². The largest absolute Gasteiger partial charge is 0.462 e. The Morgan fingerprint density at radius 3 is 2.66 bits per heavy atom. The number of anilines is 1. The minimum atomic E-state index is -0.685. The highest BCUT2D eigenvalue weighted by Gasteiger charge is 2.28. The fourth-order valence-electron chi connectivity index (χ4n) is 3.04. The van der Waals surface area contributed by atoms with Crippen LogP contribution in [0.3, 0.4) is 0 Å². The predicted molar refractivity (Wildman–Crippen MR) is 143 cm³/mol. The molecule has 0 unspecified atom stereocenters. The summed E-state index contributed by atoms with van der Waals surface area (Å²) in [6.07, 6.45) is 1.48. The summed E-state index contributed by atoms with van der Waals surface area (Å²) in [6, 6.07) is 9.88. The Kier molecular flexibility index (Phi) is 8.48. The van der Waals surface area contributed by atoms with Crippen molar-refractivity contribution in [3.05, 3.63) is 61.3 Å². The number of aromatic nitrogens is 1. The highest BCUT2D eigenvalue weighted by atomic mass is 79.9. The molecule has 0 spiro atoms. The second-order valence-electron chi connectivity index (χ2n) is 8.35. The molecule has 0 bridgehead atoms. The second-order valence-corrected chi connectivity index (χ2v) is 11.1. The van der Waals surface area contributed by atoms with E-state index in [4.69, 9.17) is 9.47 Å². The summed E-state index contributed by atoms with van der Waals surface area (Å²) in [5.74, 6) is -1.08. The number of thiazole rings is 1. The van der Waals surface area contributed by atoms with E-state index in [1.165, 1.54) is 17.5 Å². The third kappa shape index (κ3) is 6.57. The number of benzene rings is 1. The summed E-state index contributed by atoms with van der Waals surface area (Å²) >= 11 is 5.87. The Labute approximate surface area is 220 Å². The lowest BCUT2D eigenvalue weighted by Gasteiger charge is -2.19. The first-order chi connectivity index (χ1) is 16.5. The third-order valence-corrected chi connectivity index (χ3v) is 7.11. The molecular formula is C25H24BrN3O4S2. The van der Waals surface area contributed by atoms with Crippen molar-refractivity contribution < 1.29 is 19.1 Å². The highest BCUT2D eigenvalue weighted by molar-refractivity contribution is 9.10. The Morgan fingerprint density at radius 2 is 2.03 bits per heavy atom. The van der Waals surface area contributed by atoms with Crippen LogP contribution >= 0.6 is 38.6 Å². The van der Waals surface area contributed by atoms with E-state index in [9.17, 15) is 14.9 Å². The number of carbonyl (C=O) groups excluding carboxylic acids is 2. The molecule has 10 heteroatoms. The maximum atomic E-state index is 12.7. The van der Waals surface area contributed by atoms with Crippen molar-refractivity contribution in [2.24, 2.45) is 0 Å². The molecule has 0 aliphatic carbocycles. The van der Waals surface area contributed by atoms with Crippen LogP contribution in [-0.4, -0.2) is 29.1 Å². The summed E-state index contributed by atoms with van der Waals surface area (Å²) in [7, 11) is 0. The summed E-state index contributed by atoms with van der Waals surface area (Å²) in [6.45, 7) is 8.90. The fourth-order valence-corrected chi connectivity index (χ4v) is 5.28. The minimum absolute atomic E-state index is 0.187. The molecule has 7 nitrogen and oxygen atoms in total. The van der Waals surface area contributed by atoms with E-state index in [0.717, 1.165) is 27.1 Å². The van der Waals surface area contributed by atoms with Crippen molar-refractivity contribution in [3.63, 3.8) is 0 Å². The van der Waals surface area contributed by atoms with Gasteiger partial charge in [-0.3, -0.25) is 0 Å². The standard InChI is InChI=1S/C25H24BrN3O4S2/c1-6-32-23(30)19-14(2)20(24(31)33-25(3,4)5)35-22(19)28-12-16(11-27)21-29-18(13-34-21)15-8-7-9-17(26)10-15/h7-10,12-13,28H,6H2,1-5H3/b16-12-. The first kappa shape index (κ1) is 26.6. The molecule has 2 aromatic heterocycles. The van der Waals surface area contributed by atoms with Crippen molar-refractivity contribution >= 4 is 61.1 Å². The molecule has 3 rings (SSSR count). The summed E-state index contributed by atoms with van der Waals surface area (Å²) in [4.78, 5) is 30.3. The van der Waals surface area contributed by atoms with Gasteiger partial charge in [0.2, 0.25) is 0 Å². The first-order valence-corrected chi connectivity index (χ1v) is 13.2. The molecule has 0 aliphatic rings. The number of allylic oxidation sites excluding steroid dienone is 1. The van der Waals surface area contributed by atoms with Gasteiger partial charge >= 0.3 is 11.9 Å². The van der Waals surface area contributed by atoms with E-state index in [-0.39, 0.29) is 17.7 Å². The lowest BCUT2D eigenvalue weighted by molar-refractivity contribution is 0.00745. The molecule has 35 heavy (non-hydrogen) atoms. The number of halogens is 1. The predicted octanol–water partition coefficient (Wildman–Crippen LogP) is 7.05. The van der Waals surface area contributed by atoms with Crippen LogP contribution < -0.4 is 5.32 Å². The Bertz CT molecular complexity index is 1330. The molecular weight excluding hydrogens is 550 g/mol. The molecule has 1 N–H and O–H groups in total. The van der Waals surface area contributed by atoms with Crippen LogP contribution in [0.25, 0.3) is 16.8 Å². The Morgan fingerprint density at radius 1 is 1.29 bits per heavy atom. The van der Waals surface area contributed by atoms with Crippen LogP contribution in [0, 0.1) is 18.3 Å². The van der Waals surface area contributed by atoms with E-state index in [0.29, 0.717) is 20.4 Å². The number of hydrogen-bond donors (Lipinski definition) is 1. The molecule has 3 aromatic rings. The molecule has 0 saturated carbocycles. The van der Waals surface area contributed by atoms with Gasteiger partial charge in [-0.2, -0.15) is 5.26 Å². The molecule has 2 heterocycles. The smallest absolute Gasteiger partial charge is 0.349 e.